The van der Waals surface area contributed by atoms with E-state index >= 15 is 0 Å². The maximum Gasteiger partial charge on any atom is 0.147 e. The fraction of sp³-hybridized carbons (Fsp3) is 0.933. The Bertz CT molecular complexity index is 249. The lowest BCUT2D eigenvalue weighted by atomic mass is 9.82. The van der Waals surface area contributed by atoms with E-state index in [4.69, 9.17) is 0 Å². The first-order valence-electron chi connectivity index (χ1n) is 7.49. The smallest absolute Gasteiger partial charge is 0.147 e. The molecular formula is C15H29NOS. The molecule has 0 aromatic rings. The number of ketones is 1. The molecule has 1 rings (SSSR count). The van der Waals surface area contributed by atoms with E-state index in [9.17, 15) is 4.79 Å². The van der Waals surface area contributed by atoms with Crippen molar-refractivity contribution in [2.45, 2.75) is 58.9 Å². The van der Waals surface area contributed by atoms with Crippen LogP contribution in [0.1, 0.15) is 52.9 Å². The van der Waals surface area contributed by atoms with Crippen molar-refractivity contribution in [3.63, 3.8) is 0 Å². The molecule has 2 nitrogen and oxygen atoms in total. The molecule has 0 bridgehead atoms. The van der Waals surface area contributed by atoms with Gasteiger partial charge in [-0.3, -0.25) is 9.69 Å². The number of carbonyl (C=O) groups excluding carboxylic acids is 1. The standard InChI is InChI=1S/C15H29NOS/c1-4-5-8-13(16-9-6-7-10-16)15(12(2)3)14(17)11-18/h12-13,15,18H,4-11H2,1-3H3/t13-,15+/m0/s1. The van der Waals surface area contributed by atoms with E-state index in [0.29, 0.717) is 23.5 Å². The minimum absolute atomic E-state index is 0.173. The summed E-state index contributed by atoms with van der Waals surface area (Å²) in [6, 6.07) is 0.451. The van der Waals surface area contributed by atoms with Gasteiger partial charge in [0.15, 0.2) is 0 Å². The SMILES string of the molecule is CCCC[C@@H]([C@H](C(=O)CS)C(C)C)N1CCCC1. The van der Waals surface area contributed by atoms with Gasteiger partial charge in [0.25, 0.3) is 0 Å². The van der Waals surface area contributed by atoms with Crippen LogP contribution in [0.4, 0.5) is 0 Å². The molecule has 1 heterocycles. The molecule has 0 spiro atoms. The number of rotatable bonds is 8. The highest BCUT2D eigenvalue weighted by atomic mass is 32.1. The molecule has 0 saturated carbocycles. The van der Waals surface area contributed by atoms with Crippen LogP contribution in [0.3, 0.4) is 0 Å². The predicted octanol–water partition coefficient (Wildman–Crippen LogP) is 3.41. The number of hydrogen-bond donors (Lipinski definition) is 1. The molecule has 1 saturated heterocycles. The van der Waals surface area contributed by atoms with Crippen LogP contribution >= 0.6 is 12.6 Å². The summed E-state index contributed by atoms with van der Waals surface area (Å²) in [6.07, 6.45) is 6.19. The van der Waals surface area contributed by atoms with Crippen LogP contribution < -0.4 is 0 Å². The lowest BCUT2D eigenvalue weighted by Gasteiger charge is -2.36. The van der Waals surface area contributed by atoms with E-state index in [1.165, 1.54) is 45.2 Å². The van der Waals surface area contributed by atoms with Crippen molar-refractivity contribution < 1.29 is 4.79 Å². The molecule has 0 aliphatic carbocycles. The van der Waals surface area contributed by atoms with Gasteiger partial charge in [-0.15, -0.1) is 0 Å². The molecule has 1 aliphatic rings. The van der Waals surface area contributed by atoms with Crippen molar-refractivity contribution in [3.8, 4) is 0 Å². The van der Waals surface area contributed by atoms with Crippen LogP contribution in [0.5, 0.6) is 0 Å². The number of thiol groups is 1. The summed E-state index contributed by atoms with van der Waals surface area (Å²) in [5.41, 5.74) is 0. The van der Waals surface area contributed by atoms with Crippen LogP contribution in [-0.2, 0) is 4.79 Å². The molecule has 0 unspecified atom stereocenters. The Balaban J connectivity index is 2.78. The second-order valence-corrected chi connectivity index (χ2v) is 6.16. The number of carbonyl (C=O) groups is 1. The first-order chi connectivity index (χ1) is 8.61. The van der Waals surface area contributed by atoms with Crippen LogP contribution in [-0.4, -0.2) is 35.6 Å². The Labute approximate surface area is 118 Å². The average Bonchev–Trinajstić information content (AvgIpc) is 2.86. The van der Waals surface area contributed by atoms with Crippen molar-refractivity contribution in [1.82, 2.24) is 4.90 Å². The monoisotopic (exact) mass is 271 g/mol. The lowest BCUT2D eigenvalue weighted by molar-refractivity contribution is -0.124. The van der Waals surface area contributed by atoms with Crippen LogP contribution in [0.25, 0.3) is 0 Å². The normalized spacial score (nSPS) is 20.3. The first kappa shape index (κ1) is 16.0. The molecule has 1 aliphatic heterocycles. The molecule has 2 atom stereocenters. The van der Waals surface area contributed by atoms with Gasteiger partial charge in [0.1, 0.15) is 5.78 Å². The van der Waals surface area contributed by atoms with Gasteiger partial charge in [-0.2, -0.15) is 12.6 Å². The second kappa shape index (κ2) is 8.21. The average molecular weight is 271 g/mol. The van der Waals surface area contributed by atoms with Gasteiger partial charge in [-0.25, -0.2) is 0 Å². The third kappa shape index (κ3) is 4.27. The van der Waals surface area contributed by atoms with Gasteiger partial charge in [-0.05, 0) is 38.3 Å². The van der Waals surface area contributed by atoms with E-state index in [1.807, 2.05) is 0 Å². The van der Waals surface area contributed by atoms with E-state index in [1.54, 1.807) is 0 Å². The Kier molecular flexibility index (Phi) is 7.31. The fourth-order valence-corrected chi connectivity index (χ4v) is 3.42. The summed E-state index contributed by atoms with van der Waals surface area (Å²) < 4.78 is 0. The van der Waals surface area contributed by atoms with E-state index < -0.39 is 0 Å². The molecule has 0 aromatic heterocycles. The molecule has 1 fully saturated rings. The highest BCUT2D eigenvalue weighted by Gasteiger charge is 2.34. The zero-order valence-corrected chi connectivity index (χ0v) is 13.1. The largest absolute Gasteiger partial charge is 0.300 e. The van der Waals surface area contributed by atoms with Crippen LogP contribution in [0.2, 0.25) is 0 Å². The minimum atomic E-state index is 0.173. The van der Waals surface area contributed by atoms with Gasteiger partial charge in [0.05, 0.1) is 0 Å². The zero-order chi connectivity index (χ0) is 13.5. The maximum atomic E-state index is 12.2. The molecule has 0 amide bonds. The Morgan fingerprint density at radius 2 is 1.89 bits per heavy atom. The number of hydrogen-bond acceptors (Lipinski definition) is 3. The Morgan fingerprint density at radius 3 is 2.33 bits per heavy atom. The minimum Gasteiger partial charge on any atom is -0.300 e. The topological polar surface area (TPSA) is 20.3 Å². The lowest BCUT2D eigenvalue weighted by Crippen LogP contribution is -2.45. The van der Waals surface area contributed by atoms with Crippen LogP contribution in [0.15, 0.2) is 0 Å². The van der Waals surface area contributed by atoms with Gasteiger partial charge in [0.2, 0.25) is 0 Å². The third-order valence-corrected chi connectivity index (χ3v) is 4.44. The summed E-state index contributed by atoms with van der Waals surface area (Å²) in [5, 5.41) is 0. The number of nitrogens with zero attached hydrogens (tertiary/aromatic N) is 1. The van der Waals surface area contributed by atoms with Gasteiger partial charge in [0, 0.05) is 17.7 Å². The second-order valence-electron chi connectivity index (χ2n) is 5.85. The molecule has 3 heteroatoms. The molecular weight excluding hydrogens is 242 g/mol. The van der Waals surface area contributed by atoms with E-state index in [2.05, 4.69) is 38.3 Å². The third-order valence-electron chi connectivity index (χ3n) is 4.12. The number of unbranched alkanes of at least 4 members (excludes halogenated alkanes) is 1. The van der Waals surface area contributed by atoms with Gasteiger partial charge in [-0.1, -0.05) is 33.6 Å². The number of Topliss-reactive ketones (excluding diaryl/α,β-unsaturated/α-hetero) is 1. The molecule has 0 radical (unpaired) electrons. The van der Waals surface area contributed by atoms with Gasteiger partial charge < -0.3 is 0 Å². The summed E-state index contributed by atoms with van der Waals surface area (Å²) in [4.78, 5) is 14.8. The van der Waals surface area contributed by atoms with Crippen molar-refractivity contribution in [2.75, 3.05) is 18.8 Å². The maximum absolute atomic E-state index is 12.2. The Hall–Kier alpha value is -0.0200. The summed E-state index contributed by atoms with van der Waals surface area (Å²) in [6.45, 7) is 8.95. The summed E-state index contributed by atoms with van der Waals surface area (Å²) in [5.74, 6) is 1.32. The summed E-state index contributed by atoms with van der Waals surface area (Å²) in [7, 11) is 0. The van der Waals surface area contributed by atoms with E-state index in [-0.39, 0.29) is 5.92 Å². The van der Waals surface area contributed by atoms with Gasteiger partial charge >= 0.3 is 0 Å². The molecule has 0 aromatic carbocycles. The summed E-state index contributed by atoms with van der Waals surface area (Å²) >= 11 is 4.21. The van der Waals surface area contributed by atoms with E-state index in [0.717, 1.165) is 0 Å². The molecule has 0 N–H and O–H groups in total. The highest BCUT2D eigenvalue weighted by Crippen LogP contribution is 2.28. The van der Waals surface area contributed by atoms with Crippen molar-refractivity contribution in [2.24, 2.45) is 11.8 Å². The number of likely N-dealkylation sites (tertiary alicyclic amines) is 1. The fourth-order valence-electron chi connectivity index (χ4n) is 3.21. The van der Waals surface area contributed by atoms with Crippen molar-refractivity contribution >= 4 is 18.4 Å². The quantitative estimate of drug-likeness (QED) is 0.683. The Morgan fingerprint density at radius 1 is 1.28 bits per heavy atom. The highest BCUT2D eigenvalue weighted by molar-refractivity contribution is 7.81. The predicted molar refractivity (Wildman–Crippen MR) is 81.3 cm³/mol. The zero-order valence-electron chi connectivity index (χ0n) is 12.2. The first-order valence-corrected chi connectivity index (χ1v) is 8.12. The van der Waals surface area contributed by atoms with Crippen molar-refractivity contribution in [1.29, 1.82) is 0 Å². The van der Waals surface area contributed by atoms with Crippen LogP contribution in [0, 0.1) is 11.8 Å². The molecule has 106 valence electrons. The molecule has 18 heavy (non-hydrogen) atoms. The van der Waals surface area contributed by atoms with Crippen molar-refractivity contribution in [3.05, 3.63) is 0 Å².